The van der Waals surface area contributed by atoms with Crippen LogP contribution in [0.3, 0.4) is 0 Å². The number of aromatic nitrogens is 2. The van der Waals surface area contributed by atoms with Gasteiger partial charge in [0, 0.05) is 5.75 Å². The average molecular weight is 389 g/mol. The number of para-hydroxylation sites is 1. The zero-order chi connectivity index (χ0) is 19.4. The van der Waals surface area contributed by atoms with Gasteiger partial charge in [-0.2, -0.15) is 9.97 Å². The summed E-state index contributed by atoms with van der Waals surface area (Å²) in [5.74, 6) is 1.21. The van der Waals surface area contributed by atoms with Crippen LogP contribution in [0.5, 0.6) is 23.5 Å². The molecule has 142 valence electrons. The van der Waals surface area contributed by atoms with Crippen molar-refractivity contribution >= 4 is 22.8 Å². The predicted octanol–water partition coefficient (Wildman–Crippen LogP) is 2.36. The number of nitrogens with zero attached hydrogens (tertiary/aromatic N) is 2. The minimum absolute atomic E-state index is 0.0120. The Morgan fingerprint density at radius 3 is 2.44 bits per heavy atom. The lowest BCUT2D eigenvalue weighted by Crippen LogP contribution is -2.37. The number of hydrogen-bond acceptors (Lipinski definition) is 8. The number of carbonyl (C=O) groups is 2. The SMILES string of the molecule is COc1nc(Oc2ccccc2C(=O)NC2CCSC2=O)nc(OC)c1C. The third kappa shape index (κ3) is 4.13. The highest BCUT2D eigenvalue weighted by Gasteiger charge is 2.28. The van der Waals surface area contributed by atoms with Crippen molar-refractivity contribution < 1.29 is 23.8 Å². The van der Waals surface area contributed by atoms with E-state index in [1.165, 1.54) is 26.0 Å². The number of hydrogen-bond donors (Lipinski definition) is 1. The normalized spacial score (nSPS) is 16.1. The van der Waals surface area contributed by atoms with E-state index in [1.54, 1.807) is 31.2 Å². The van der Waals surface area contributed by atoms with E-state index in [0.29, 0.717) is 29.5 Å². The van der Waals surface area contributed by atoms with Gasteiger partial charge in [-0.1, -0.05) is 23.9 Å². The Labute approximate surface area is 160 Å². The molecule has 8 nitrogen and oxygen atoms in total. The molecule has 1 atom stereocenters. The third-order valence-electron chi connectivity index (χ3n) is 4.00. The topological polar surface area (TPSA) is 99.6 Å². The van der Waals surface area contributed by atoms with E-state index in [-0.39, 0.29) is 22.4 Å². The second-order valence-corrected chi connectivity index (χ2v) is 6.83. The fraction of sp³-hybridized carbons (Fsp3) is 0.333. The van der Waals surface area contributed by atoms with E-state index in [0.717, 1.165) is 0 Å². The minimum atomic E-state index is -0.480. The van der Waals surface area contributed by atoms with Crippen molar-refractivity contribution in [2.45, 2.75) is 19.4 Å². The monoisotopic (exact) mass is 389 g/mol. The Bertz CT molecular complexity index is 849. The number of thioether (sulfide) groups is 1. The first-order valence-electron chi connectivity index (χ1n) is 8.24. The first-order valence-corrected chi connectivity index (χ1v) is 9.23. The molecule has 2 heterocycles. The molecule has 0 spiro atoms. The van der Waals surface area contributed by atoms with Gasteiger partial charge in [-0.25, -0.2) is 0 Å². The average Bonchev–Trinajstić information content (AvgIpc) is 3.07. The standard InChI is InChI=1S/C18H19N3O5S/c1-10-15(24-2)20-18(21-16(10)25-3)26-13-7-5-4-6-11(13)14(22)19-12-8-9-27-17(12)23/h4-7,12H,8-9H2,1-3H3,(H,19,22). The van der Waals surface area contributed by atoms with Crippen molar-refractivity contribution in [2.24, 2.45) is 0 Å². The van der Waals surface area contributed by atoms with Gasteiger partial charge in [0.2, 0.25) is 16.9 Å². The van der Waals surface area contributed by atoms with Crippen LogP contribution in [0.4, 0.5) is 0 Å². The number of benzene rings is 1. The molecular weight excluding hydrogens is 370 g/mol. The maximum absolute atomic E-state index is 12.6. The van der Waals surface area contributed by atoms with Crippen LogP contribution < -0.4 is 19.5 Å². The zero-order valence-corrected chi connectivity index (χ0v) is 16.0. The van der Waals surface area contributed by atoms with E-state index >= 15 is 0 Å². The molecule has 1 aromatic carbocycles. The largest absolute Gasteiger partial charge is 0.481 e. The minimum Gasteiger partial charge on any atom is -0.481 e. The molecule has 9 heteroatoms. The highest BCUT2D eigenvalue weighted by molar-refractivity contribution is 8.14. The van der Waals surface area contributed by atoms with Gasteiger partial charge in [0.25, 0.3) is 5.91 Å². The number of nitrogens with one attached hydrogen (secondary N) is 1. The van der Waals surface area contributed by atoms with Crippen molar-refractivity contribution in [3.63, 3.8) is 0 Å². The van der Waals surface area contributed by atoms with E-state index < -0.39 is 11.9 Å². The predicted molar refractivity (Wildman–Crippen MR) is 99.7 cm³/mol. The highest BCUT2D eigenvalue weighted by atomic mass is 32.2. The quantitative estimate of drug-likeness (QED) is 0.804. The molecule has 1 aromatic heterocycles. The van der Waals surface area contributed by atoms with Crippen molar-refractivity contribution in [1.29, 1.82) is 0 Å². The molecule has 3 rings (SSSR count). The second kappa shape index (κ2) is 8.26. The maximum atomic E-state index is 12.6. The van der Waals surface area contributed by atoms with E-state index in [9.17, 15) is 9.59 Å². The summed E-state index contributed by atoms with van der Waals surface area (Å²) in [4.78, 5) is 32.7. The fourth-order valence-electron chi connectivity index (χ4n) is 2.61. The molecule has 1 saturated heterocycles. The summed E-state index contributed by atoms with van der Waals surface area (Å²) in [5.41, 5.74) is 0.917. The van der Waals surface area contributed by atoms with Crippen molar-refractivity contribution in [3.05, 3.63) is 35.4 Å². The summed E-state index contributed by atoms with van der Waals surface area (Å²) in [6.45, 7) is 1.76. The molecule has 1 aliphatic rings. The van der Waals surface area contributed by atoms with Gasteiger partial charge in [0.15, 0.2) is 0 Å². The second-order valence-electron chi connectivity index (χ2n) is 5.73. The summed E-state index contributed by atoms with van der Waals surface area (Å²) in [6.07, 6.45) is 0.619. The lowest BCUT2D eigenvalue weighted by molar-refractivity contribution is -0.112. The van der Waals surface area contributed by atoms with Gasteiger partial charge in [-0.15, -0.1) is 0 Å². The van der Waals surface area contributed by atoms with Gasteiger partial charge in [0.1, 0.15) is 5.75 Å². The molecule has 0 saturated carbocycles. The lowest BCUT2D eigenvalue weighted by Gasteiger charge is -2.14. The number of carbonyl (C=O) groups excluding carboxylic acids is 2. The van der Waals surface area contributed by atoms with Crippen molar-refractivity contribution in [1.82, 2.24) is 15.3 Å². The molecule has 0 aliphatic carbocycles. The van der Waals surface area contributed by atoms with Gasteiger partial charge in [-0.05, 0) is 25.5 Å². The smallest absolute Gasteiger partial charge is 0.328 e. The first-order chi connectivity index (χ1) is 13.0. The molecule has 0 radical (unpaired) electrons. The van der Waals surface area contributed by atoms with E-state index in [1.807, 2.05) is 0 Å². The molecule has 1 aliphatic heterocycles. The van der Waals surface area contributed by atoms with Crippen LogP contribution in [0, 0.1) is 6.92 Å². The van der Waals surface area contributed by atoms with Gasteiger partial charge >= 0.3 is 6.01 Å². The summed E-state index contributed by atoms with van der Waals surface area (Å²) < 4.78 is 16.2. The fourth-order valence-corrected chi connectivity index (χ4v) is 3.54. The highest BCUT2D eigenvalue weighted by Crippen LogP contribution is 2.30. The molecule has 1 amide bonds. The number of rotatable bonds is 6. The maximum Gasteiger partial charge on any atom is 0.328 e. The molecule has 1 unspecified atom stereocenters. The summed E-state index contributed by atoms with van der Waals surface area (Å²) >= 11 is 1.23. The number of ether oxygens (including phenoxy) is 3. The van der Waals surface area contributed by atoms with Crippen LogP contribution in [0.15, 0.2) is 24.3 Å². The molecule has 27 heavy (non-hydrogen) atoms. The Balaban J connectivity index is 1.86. The Kier molecular flexibility index (Phi) is 5.80. The first kappa shape index (κ1) is 19.0. The van der Waals surface area contributed by atoms with Crippen LogP contribution in [0.1, 0.15) is 22.3 Å². The lowest BCUT2D eigenvalue weighted by atomic mass is 10.1. The summed E-state index contributed by atoms with van der Waals surface area (Å²) in [7, 11) is 2.97. The molecular formula is C18H19N3O5S. The molecule has 0 bridgehead atoms. The number of amides is 1. The third-order valence-corrected chi connectivity index (χ3v) is 5.01. The Morgan fingerprint density at radius 2 is 1.85 bits per heavy atom. The number of methoxy groups -OCH3 is 2. The Hall–Kier alpha value is -2.81. The van der Waals surface area contributed by atoms with Crippen molar-refractivity contribution in [2.75, 3.05) is 20.0 Å². The van der Waals surface area contributed by atoms with Gasteiger partial charge < -0.3 is 19.5 Å². The summed E-state index contributed by atoms with van der Waals surface area (Å²) in [5, 5.41) is 2.72. The molecule has 1 N–H and O–H groups in total. The molecule has 1 fully saturated rings. The van der Waals surface area contributed by atoms with E-state index in [2.05, 4.69) is 15.3 Å². The molecule has 2 aromatic rings. The zero-order valence-electron chi connectivity index (χ0n) is 15.1. The summed E-state index contributed by atoms with van der Waals surface area (Å²) in [6, 6.07) is 6.19. The van der Waals surface area contributed by atoms with Gasteiger partial charge in [0.05, 0.1) is 31.4 Å². The van der Waals surface area contributed by atoms with Crippen LogP contribution in [-0.4, -0.2) is 47.0 Å². The van der Waals surface area contributed by atoms with Crippen LogP contribution in [0.2, 0.25) is 0 Å². The Morgan fingerprint density at radius 1 is 1.19 bits per heavy atom. The van der Waals surface area contributed by atoms with Crippen molar-refractivity contribution in [3.8, 4) is 23.5 Å². The van der Waals surface area contributed by atoms with Crippen LogP contribution in [-0.2, 0) is 4.79 Å². The van der Waals surface area contributed by atoms with Gasteiger partial charge in [-0.3, -0.25) is 9.59 Å². The van der Waals surface area contributed by atoms with E-state index in [4.69, 9.17) is 14.2 Å². The van der Waals surface area contributed by atoms with Crippen LogP contribution >= 0.6 is 11.8 Å². The van der Waals surface area contributed by atoms with Crippen LogP contribution in [0.25, 0.3) is 0 Å².